The maximum absolute atomic E-state index is 13.1. The van der Waals surface area contributed by atoms with Gasteiger partial charge in [0.25, 0.3) is 0 Å². The van der Waals surface area contributed by atoms with Crippen molar-refractivity contribution in [3.8, 4) is 0 Å². The van der Waals surface area contributed by atoms with E-state index in [1.807, 2.05) is 12.2 Å². The van der Waals surface area contributed by atoms with E-state index in [1.54, 1.807) is 0 Å². The minimum absolute atomic E-state index is 0.0632. The van der Waals surface area contributed by atoms with Gasteiger partial charge in [-0.2, -0.15) is 0 Å². The second-order valence-corrected chi connectivity index (χ2v) is 27.3. The van der Waals surface area contributed by atoms with Gasteiger partial charge in [-0.25, -0.2) is 9.13 Å². The molecular weight excluding hydrogens is 1310 g/mol. The van der Waals surface area contributed by atoms with Crippen LogP contribution in [0.15, 0.2) is 158 Å². The van der Waals surface area contributed by atoms with Crippen molar-refractivity contribution in [2.24, 2.45) is 0 Å². The van der Waals surface area contributed by atoms with E-state index in [0.717, 1.165) is 173 Å². The van der Waals surface area contributed by atoms with Crippen LogP contribution in [0.25, 0.3) is 0 Å². The van der Waals surface area contributed by atoms with Gasteiger partial charge in [0.2, 0.25) is 0 Å². The number of ether oxygens (including phenoxy) is 4. The zero-order valence-corrected chi connectivity index (χ0v) is 63.6. The molecule has 0 rings (SSSR count). The Labute approximate surface area is 604 Å². The maximum atomic E-state index is 13.1. The maximum Gasteiger partial charge on any atom is 0.472 e. The molecule has 0 saturated heterocycles. The Balaban J connectivity index is 5.43. The summed E-state index contributed by atoms with van der Waals surface area (Å²) in [5, 5.41) is 10.6. The molecule has 0 spiro atoms. The Morgan fingerprint density at radius 1 is 0.290 bits per heavy atom. The second-order valence-electron chi connectivity index (χ2n) is 24.4. The lowest BCUT2D eigenvalue weighted by Gasteiger charge is -2.21. The molecule has 100 heavy (non-hydrogen) atoms. The van der Waals surface area contributed by atoms with Crippen molar-refractivity contribution in [2.45, 2.75) is 290 Å². The van der Waals surface area contributed by atoms with Gasteiger partial charge in [-0.3, -0.25) is 37.3 Å². The number of hydrogen-bond acceptors (Lipinski definition) is 15. The number of aliphatic hydroxyl groups is 1. The van der Waals surface area contributed by atoms with Crippen LogP contribution in [0.4, 0.5) is 0 Å². The normalized spacial score (nSPS) is 14.8. The summed E-state index contributed by atoms with van der Waals surface area (Å²) >= 11 is 0. The number of phosphoric ester groups is 2. The van der Waals surface area contributed by atoms with Gasteiger partial charge in [-0.15, -0.1) is 0 Å². The molecule has 0 saturated carbocycles. The highest BCUT2D eigenvalue weighted by molar-refractivity contribution is 7.47. The Bertz CT molecular complexity index is 2520. The molecule has 0 radical (unpaired) electrons. The summed E-state index contributed by atoms with van der Waals surface area (Å²) in [6, 6.07) is 0. The smallest absolute Gasteiger partial charge is 0.462 e. The van der Waals surface area contributed by atoms with E-state index in [1.165, 1.54) is 12.8 Å². The number of carbonyl (C=O) groups excluding carboxylic acids is 4. The van der Waals surface area contributed by atoms with Crippen LogP contribution in [-0.2, 0) is 65.4 Å². The fourth-order valence-corrected chi connectivity index (χ4v) is 10.9. The average Bonchev–Trinajstić information content (AvgIpc) is 0.989. The van der Waals surface area contributed by atoms with E-state index in [2.05, 4.69) is 174 Å². The van der Waals surface area contributed by atoms with Crippen molar-refractivity contribution in [3.63, 3.8) is 0 Å². The van der Waals surface area contributed by atoms with Crippen LogP contribution >= 0.6 is 15.6 Å². The van der Waals surface area contributed by atoms with Gasteiger partial charge >= 0.3 is 39.5 Å². The molecule has 0 aliphatic rings. The Morgan fingerprint density at radius 3 is 0.850 bits per heavy atom. The third kappa shape index (κ3) is 71.1. The number of phosphoric acid groups is 2. The van der Waals surface area contributed by atoms with E-state index in [4.69, 9.17) is 37.0 Å². The van der Waals surface area contributed by atoms with Gasteiger partial charge in [0.15, 0.2) is 12.2 Å². The van der Waals surface area contributed by atoms with E-state index in [0.29, 0.717) is 32.1 Å². The van der Waals surface area contributed by atoms with Crippen molar-refractivity contribution < 1.29 is 80.2 Å². The predicted molar refractivity (Wildman–Crippen MR) is 408 cm³/mol. The molecule has 0 amide bonds. The molecule has 17 nitrogen and oxygen atoms in total. The quantitative estimate of drug-likeness (QED) is 0.0169. The highest BCUT2D eigenvalue weighted by Gasteiger charge is 2.30. The Kier molecular flexibility index (Phi) is 68.2. The first-order valence-corrected chi connectivity index (χ1v) is 40.7. The monoisotopic (exact) mass is 1440 g/mol. The summed E-state index contributed by atoms with van der Waals surface area (Å²) in [5.74, 6) is -2.31. The SMILES string of the molecule is CC/C=C\C/C=C\C/C=C\C/C=C\C/C=C\CCCC(=O)OCC(COP(=O)(O)OCC(O)COP(=O)(O)OCC(COC(=O)CCCCCC/C=C\C/C=C\C/C=C\C/C=C\CC)OC(=O)CCCCCCC/C=C\C/C=C\C/C=C\CC)OC(=O)CCCCCCC/C=C\CCCC. The standard InChI is InChI=1S/C81H132O17P2/c1-5-9-13-17-21-25-29-32-35-37-40-42-46-49-53-57-61-65-78(83)91-71-76(97-80(85)67-63-59-55-51-45-28-24-20-16-12-8-4)73-95-99(87,88)93-69-75(82)70-94-100(89,90)96-74-77(98-81(86)68-64-60-56-52-48-44-39-34-31-27-23-19-15-11-7-3)72-92-79(84)66-62-58-54-50-47-43-41-38-36-33-30-26-22-18-14-10-6-2/h9-11,13-15,20-27,32-36,39-43,49,53,75-77,82H,5-8,12,16-19,28-31,37-38,44-48,50-52,54-74H2,1-4H3,(H,87,88)(H,89,90)/b13-9-,14-10-,15-11-,24-20-,25-21-,26-22-,27-23-,35-32-,36-33-,39-34-,42-40-,43-41-,53-49-. The first-order chi connectivity index (χ1) is 48.7. The number of aliphatic hydroxyl groups excluding tert-OH is 1. The first kappa shape index (κ1) is 94.7. The first-order valence-electron chi connectivity index (χ1n) is 37.7. The number of carbonyl (C=O) groups is 4. The molecule has 0 aliphatic heterocycles. The topological polar surface area (TPSA) is 237 Å². The van der Waals surface area contributed by atoms with Gasteiger partial charge < -0.3 is 33.8 Å². The highest BCUT2D eigenvalue weighted by Crippen LogP contribution is 2.45. The summed E-state index contributed by atoms with van der Waals surface area (Å²) in [6.07, 6.45) is 82.5. The molecule has 0 fully saturated rings. The molecule has 0 heterocycles. The molecule has 19 heteroatoms. The van der Waals surface area contributed by atoms with Crippen molar-refractivity contribution >= 4 is 39.5 Å². The summed E-state index contributed by atoms with van der Waals surface area (Å²) in [7, 11) is -9.99. The molecular formula is C81H132O17P2. The fourth-order valence-electron chi connectivity index (χ4n) is 9.30. The molecule has 0 aromatic heterocycles. The van der Waals surface area contributed by atoms with Gasteiger partial charge in [-0.05, 0) is 154 Å². The number of allylic oxidation sites excluding steroid dienone is 26. The number of unbranched alkanes of at least 4 members (excludes halogenated alkanes) is 17. The third-order valence-electron chi connectivity index (χ3n) is 15.0. The van der Waals surface area contributed by atoms with Gasteiger partial charge in [0, 0.05) is 25.7 Å². The summed E-state index contributed by atoms with van der Waals surface area (Å²) < 4.78 is 68.3. The minimum atomic E-state index is -4.99. The summed E-state index contributed by atoms with van der Waals surface area (Å²) in [5.41, 5.74) is 0. The summed E-state index contributed by atoms with van der Waals surface area (Å²) in [4.78, 5) is 72.8. The van der Waals surface area contributed by atoms with Gasteiger partial charge in [0.05, 0.1) is 26.4 Å². The molecule has 3 N–H and O–H groups in total. The van der Waals surface area contributed by atoms with Gasteiger partial charge in [-0.1, -0.05) is 250 Å². The van der Waals surface area contributed by atoms with Crippen LogP contribution in [0.3, 0.4) is 0 Å². The van der Waals surface area contributed by atoms with Crippen molar-refractivity contribution in [1.29, 1.82) is 0 Å². The minimum Gasteiger partial charge on any atom is -0.462 e. The zero-order chi connectivity index (χ0) is 73.2. The van der Waals surface area contributed by atoms with Crippen LogP contribution in [0, 0.1) is 0 Å². The van der Waals surface area contributed by atoms with E-state index in [-0.39, 0.29) is 25.7 Å². The number of hydrogen-bond donors (Lipinski definition) is 3. The van der Waals surface area contributed by atoms with Crippen LogP contribution < -0.4 is 0 Å². The molecule has 0 aromatic rings. The Morgan fingerprint density at radius 2 is 0.530 bits per heavy atom. The van der Waals surface area contributed by atoms with Crippen LogP contribution in [0.1, 0.15) is 272 Å². The number of esters is 4. The zero-order valence-electron chi connectivity index (χ0n) is 61.8. The third-order valence-corrected chi connectivity index (χ3v) is 16.9. The predicted octanol–water partition coefficient (Wildman–Crippen LogP) is 21.7. The molecule has 568 valence electrons. The average molecular weight is 1440 g/mol. The Hall–Kier alpha value is -5.32. The number of rotatable bonds is 69. The van der Waals surface area contributed by atoms with Crippen molar-refractivity contribution in [2.75, 3.05) is 39.6 Å². The van der Waals surface area contributed by atoms with Crippen LogP contribution in [0.5, 0.6) is 0 Å². The van der Waals surface area contributed by atoms with Crippen LogP contribution in [0.2, 0.25) is 0 Å². The lowest BCUT2D eigenvalue weighted by molar-refractivity contribution is -0.161. The molecule has 5 atom stereocenters. The lowest BCUT2D eigenvalue weighted by atomic mass is 10.1. The molecule has 0 aliphatic carbocycles. The largest absolute Gasteiger partial charge is 0.472 e. The summed E-state index contributed by atoms with van der Waals surface area (Å²) in [6.45, 7) is 4.34. The van der Waals surface area contributed by atoms with E-state index >= 15 is 0 Å². The fraction of sp³-hybridized carbons (Fsp3) is 0.630. The molecule has 5 unspecified atom stereocenters. The second kappa shape index (κ2) is 72.0. The molecule has 0 aromatic carbocycles. The van der Waals surface area contributed by atoms with Crippen molar-refractivity contribution in [1.82, 2.24) is 0 Å². The van der Waals surface area contributed by atoms with Crippen LogP contribution in [-0.4, -0.2) is 96.7 Å². The lowest BCUT2D eigenvalue weighted by Crippen LogP contribution is -2.30. The van der Waals surface area contributed by atoms with E-state index < -0.39 is 97.5 Å². The van der Waals surface area contributed by atoms with Gasteiger partial charge in [0.1, 0.15) is 19.3 Å². The van der Waals surface area contributed by atoms with Crippen molar-refractivity contribution in [3.05, 3.63) is 158 Å². The molecule has 0 bridgehead atoms. The van der Waals surface area contributed by atoms with E-state index in [9.17, 15) is 43.2 Å². The highest BCUT2D eigenvalue weighted by atomic mass is 31.2.